The molecule has 1 saturated carbocycles. The molecule has 1 amide bonds. The number of anilines is 1. The van der Waals surface area contributed by atoms with Gasteiger partial charge in [-0.1, -0.05) is 36.9 Å². The first-order valence-corrected chi connectivity index (χ1v) is 12.4. The maximum Gasteiger partial charge on any atom is 0.235 e. The predicted octanol–water partition coefficient (Wildman–Crippen LogP) is 4.93. The number of thioether (sulfide) groups is 1. The van der Waals surface area contributed by atoms with Gasteiger partial charge < -0.3 is 5.32 Å². The number of rotatable bonds is 6. The van der Waals surface area contributed by atoms with Crippen LogP contribution in [0.4, 0.5) is 5.00 Å². The van der Waals surface area contributed by atoms with Crippen LogP contribution in [0.3, 0.4) is 0 Å². The van der Waals surface area contributed by atoms with E-state index in [1.807, 2.05) is 30.3 Å². The highest BCUT2D eigenvalue weighted by atomic mass is 32.2. The molecular weight excluding hydrogens is 426 g/mol. The summed E-state index contributed by atoms with van der Waals surface area (Å²) in [6, 6.07) is 12.4. The van der Waals surface area contributed by atoms with Crippen molar-refractivity contribution in [3.8, 4) is 11.8 Å². The van der Waals surface area contributed by atoms with Crippen LogP contribution in [0.5, 0.6) is 0 Å². The molecule has 0 aliphatic heterocycles. The third-order valence-electron chi connectivity index (χ3n) is 5.82. The van der Waals surface area contributed by atoms with Crippen LogP contribution in [0.1, 0.15) is 53.9 Å². The van der Waals surface area contributed by atoms with Crippen molar-refractivity contribution in [2.24, 2.45) is 5.92 Å². The second kappa shape index (κ2) is 8.48. The number of thiophene rings is 1. The lowest BCUT2D eigenvalue weighted by Crippen LogP contribution is -2.14. The molecule has 0 saturated heterocycles. The van der Waals surface area contributed by atoms with Crippen molar-refractivity contribution in [3.63, 3.8) is 0 Å². The van der Waals surface area contributed by atoms with Gasteiger partial charge in [-0.3, -0.25) is 9.36 Å². The van der Waals surface area contributed by atoms with Crippen molar-refractivity contribution in [1.82, 2.24) is 14.8 Å². The maximum atomic E-state index is 12.7. The average Bonchev–Trinajstić information content (AvgIpc) is 3.44. The minimum absolute atomic E-state index is 0.122. The third kappa shape index (κ3) is 4.12. The van der Waals surface area contributed by atoms with Gasteiger partial charge in [-0.15, -0.1) is 21.5 Å². The van der Waals surface area contributed by atoms with E-state index in [-0.39, 0.29) is 11.7 Å². The number of nitriles is 1. The SMILES string of the molecule is C[C@H]1CCc2c(sc(NC(=O)CSc3nnc(C4CC4)n3-c3ccccc3)c2C#N)C1. The van der Waals surface area contributed by atoms with E-state index in [1.54, 1.807) is 11.3 Å². The summed E-state index contributed by atoms with van der Waals surface area (Å²) in [7, 11) is 0. The number of amides is 1. The first-order valence-electron chi connectivity index (χ1n) is 10.6. The molecule has 6 nitrogen and oxygen atoms in total. The van der Waals surface area contributed by atoms with Crippen molar-refractivity contribution in [2.75, 3.05) is 11.1 Å². The Morgan fingerprint density at radius 2 is 2.10 bits per heavy atom. The molecule has 2 aliphatic carbocycles. The monoisotopic (exact) mass is 449 g/mol. The van der Waals surface area contributed by atoms with Crippen molar-refractivity contribution in [3.05, 3.63) is 52.2 Å². The summed E-state index contributed by atoms with van der Waals surface area (Å²) in [5.74, 6) is 2.15. The van der Waals surface area contributed by atoms with Crippen LogP contribution in [-0.2, 0) is 17.6 Å². The highest BCUT2D eigenvalue weighted by Gasteiger charge is 2.31. The van der Waals surface area contributed by atoms with Gasteiger partial charge in [0.25, 0.3) is 0 Å². The molecule has 5 rings (SSSR count). The molecule has 0 radical (unpaired) electrons. The number of hydrogen-bond acceptors (Lipinski definition) is 6. The van der Waals surface area contributed by atoms with E-state index in [0.717, 1.165) is 54.3 Å². The van der Waals surface area contributed by atoms with Crippen molar-refractivity contribution in [1.29, 1.82) is 5.26 Å². The first-order chi connectivity index (χ1) is 15.1. The predicted molar refractivity (Wildman–Crippen MR) is 123 cm³/mol. The fourth-order valence-corrected chi connectivity index (χ4v) is 6.19. The zero-order chi connectivity index (χ0) is 21.4. The summed E-state index contributed by atoms with van der Waals surface area (Å²) in [6.07, 6.45) is 5.28. The van der Waals surface area contributed by atoms with Crippen LogP contribution in [-0.4, -0.2) is 26.4 Å². The highest BCUT2D eigenvalue weighted by Crippen LogP contribution is 2.41. The fraction of sp³-hybridized carbons (Fsp3) is 0.391. The Bertz CT molecular complexity index is 1160. The average molecular weight is 450 g/mol. The Morgan fingerprint density at radius 1 is 1.29 bits per heavy atom. The van der Waals surface area contributed by atoms with Gasteiger partial charge in [0.1, 0.15) is 16.9 Å². The summed E-state index contributed by atoms with van der Waals surface area (Å²) in [5.41, 5.74) is 2.80. The van der Waals surface area contributed by atoms with Crippen molar-refractivity contribution >= 4 is 34.0 Å². The summed E-state index contributed by atoms with van der Waals surface area (Å²) in [6.45, 7) is 2.24. The molecule has 1 fully saturated rings. The number of hydrogen-bond donors (Lipinski definition) is 1. The molecule has 0 bridgehead atoms. The summed E-state index contributed by atoms with van der Waals surface area (Å²) in [5, 5.41) is 22.8. The molecule has 0 unspecified atom stereocenters. The molecule has 1 N–H and O–H groups in total. The Morgan fingerprint density at radius 3 is 2.84 bits per heavy atom. The van der Waals surface area contributed by atoms with E-state index in [9.17, 15) is 10.1 Å². The molecule has 2 heterocycles. The van der Waals surface area contributed by atoms with Crippen LogP contribution in [0.25, 0.3) is 5.69 Å². The number of carbonyl (C=O) groups is 1. The fourth-order valence-electron chi connectivity index (χ4n) is 4.05. The standard InChI is InChI=1S/C23H23N5OS2/c1-14-7-10-17-18(12-24)22(31-19(17)11-14)25-20(29)13-30-23-27-26-21(15-8-9-15)28(23)16-5-3-2-4-6-16/h2-6,14-15H,7-11,13H2,1H3,(H,25,29)/t14-/m0/s1. The second-order valence-corrected chi connectivity index (χ2v) is 10.3. The number of aromatic nitrogens is 3. The highest BCUT2D eigenvalue weighted by molar-refractivity contribution is 7.99. The number of para-hydroxylation sites is 1. The van der Waals surface area contributed by atoms with E-state index in [1.165, 1.54) is 16.6 Å². The number of nitrogens with zero attached hydrogens (tertiary/aromatic N) is 4. The molecule has 3 aromatic rings. The Labute approximate surface area is 189 Å². The Hall–Kier alpha value is -2.63. The number of nitrogens with one attached hydrogen (secondary N) is 1. The lowest BCUT2D eigenvalue weighted by Gasteiger charge is -2.17. The van der Waals surface area contributed by atoms with E-state index in [2.05, 4.69) is 33.1 Å². The van der Waals surface area contributed by atoms with E-state index < -0.39 is 0 Å². The largest absolute Gasteiger partial charge is 0.316 e. The number of carbonyl (C=O) groups excluding carboxylic acids is 1. The van der Waals surface area contributed by atoms with Crippen LogP contribution >= 0.6 is 23.1 Å². The molecule has 2 aromatic heterocycles. The molecule has 8 heteroatoms. The minimum Gasteiger partial charge on any atom is -0.316 e. The smallest absolute Gasteiger partial charge is 0.235 e. The lowest BCUT2D eigenvalue weighted by molar-refractivity contribution is -0.113. The first kappa shape index (κ1) is 20.3. The third-order valence-corrected chi connectivity index (χ3v) is 7.92. The van der Waals surface area contributed by atoms with Gasteiger partial charge >= 0.3 is 0 Å². The van der Waals surface area contributed by atoms with E-state index in [0.29, 0.717) is 22.4 Å². The summed E-state index contributed by atoms with van der Waals surface area (Å²) >= 11 is 2.94. The van der Waals surface area contributed by atoms with Crippen molar-refractivity contribution < 1.29 is 4.79 Å². The van der Waals surface area contributed by atoms with Gasteiger partial charge in [0.2, 0.25) is 5.91 Å². The normalized spacial score (nSPS) is 17.7. The number of benzene rings is 1. The van der Waals surface area contributed by atoms with Crippen molar-refractivity contribution in [2.45, 2.75) is 50.1 Å². The maximum absolute atomic E-state index is 12.7. The zero-order valence-corrected chi connectivity index (χ0v) is 18.9. The minimum atomic E-state index is -0.122. The quantitative estimate of drug-likeness (QED) is 0.539. The van der Waals surface area contributed by atoms with Crippen LogP contribution < -0.4 is 5.32 Å². The van der Waals surface area contributed by atoms with E-state index >= 15 is 0 Å². The van der Waals surface area contributed by atoms with Crippen LogP contribution in [0.2, 0.25) is 0 Å². The zero-order valence-electron chi connectivity index (χ0n) is 17.3. The van der Waals surface area contributed by atoms with Crippen LogP contribution in [0.15, 0.2) is 35.5 Å². The Balaban J connectivity index is 1.32. The topological polar surface area (TPSA) is 83.6 Å². The van der Waals surface area contributed by atoms with Gasteiger partial charge in [0, 0.05) is 16.5 Å². The summed E-state index contributed by atoms with van der Waals surface area (Å²) < 4.78 is 2.07. The Kier molecular flexibility index (Phi) is 5.55. The molecule has 31 heavy (non-hydrogen) atoms. The molecule has 2 aliphatic rings. The molecule has 1 atom stereocenters. The van der Waals surface area contributed by atoms with Gasteiger partial charge in [-0.25, -0.2) is 0 Å². The van der Waals surface area contributed by atoms with Gasteiger partial charge in [0.15, 0.2) is 5.16 Å². The van der Waals surface area contributed by atoms with Gasteiger partial charge in [-0.05, 0) is 55.7 Å². The van der Waals surface area contributed by atoms with Gasteiger partial charge in [-0.2, -0.15) is 5.26 Å². The number of fused-ring (bicyclic) bond motifs is 1. The molecule has 0 spiro atoms. The second-order valence-electron chi connectivity index (χ2n) is 8.29. The summed E-state index contributed by atoms with van der Waals surface area (Å²) in [4.78, 5) is 14.0. The van der Waals surface area contributed by atoms with Gasteiger partial charge in [0.05, 0.1) is 11.3 Å². The molecule has 1 aromatic carbocycles. The van der Waals surface area contributed by atoms with E-state index in [4.69, 9.17) is 0 Å². The molecule has 158 valence electrons. The lowest BCUT2D eigenvalue weighted by atomic mass is 9.89. The van der Waals surface area contributed by atoms with Crippen LogP contribution in [0, 0.1) is 17.2 Å². The molecular formula is C23H23N5OS2.